The van der Waals surface area contributed by atoms with E-state index in [1.807, 2.05) is 7.85 Å². The van der Waals surface area contributed by atoms with Crippen LogP contribution in [0.1, 0.15) is 52.9 Å². The van der Waals surface area contributed by atoms with Gasteiger partial charge in [-0.2, -0.15) is 5.06 Å². The Bertz CT molecular complexity index is 306. The fraction of sp³-hybridized carbons (Fsp3) is 1.00. The van der Waals surface area contributed by atoms with Gasteiger partial charge in [0.05, 0.1) is 12.6 Å². The van der Waals surface area contributed by atoms with Crippen molar-refractivity contribution in [3.8, 4) is 0 Å². The van der Waals surface area contributed by atoms with Gasteiger partial charge in [0.1, 0.15) is 19.6 Å². The van der Waals surface area contributed by atoms with Crippen molar-refractivity contribution < 1.29 is 19.4 Å². The molecular formula is C16H34BNO4. The molecule has 22 heavy (non-hydrogen) atoms. The van der Waals surface area contributed by atoms with E-state index in [1.54, 1.807) is 7.05 Å². The molecule has 0 saturated carbocycles. The van der Waals surface area contributed by atoms with E-state index in [4.69, 9.17) is 14.2 Å². The number of unbranched alkanes of at least 4 members (excludes halogenated alkanes) is 2. The maximum absolute atomic E-state index is 10.0. The molecule has 1 aliphatic rings. The van der Waals surface area contributed by atoms with Gasteiger partial charge in [0.15, 0.2) is 0 Å². The Kier molecular flexibility index (Phi) is 8.94. The van der Waals surface area contributed by atoms with Crippen molar-refractivity contribution in [2.75, 3.05) is 26.9 Å². The quantitative estimate of drug-likeness (QED) is 0.358. The van der Waals surface area contributed by atoms with E-state index in [9.17, 15) is 5.21 Å². The van der Waals surface area contributed by atoms with Crippen molar-refractivity contribution in [2.24, 2.45) is 0 Å². The molecule has 0 aromatic rings. The third-order valence-electron chi connectivity index (χ3n) is 4.54. The van der Waals surface area contributed by atoms with Crippen LogP contribution in [0, 0.1) is 0 Å². The average Bonchev–Trinajstić information content (AvgIpc) is 2.77. The minimum atomic E-state index is -0.470. The molecule has 5 nitrogen and oxygen atoms in total. The summed E-state index contributed by atoms with van der Waals surface area (Å²) in [5.74, 6) is 0. The Balaban J connectivity index is 2.80. The van der Waals surface area contributed by atoms with Gasteiger partial charge in [-0.1, -0.05) is 33.6 Å². The van der Waals surface area contributed by atoms with E-state index in [2.05, 4.69) is 20.8 Å². The lowest BCUT2D eigenvalue weighted by Crippen LogP contribution is -2.52. The van der Waals surface area contributed by atoms with Gasteiger partial charge in [-0.3, -0.25) is 0 Å². The lowest BCUT2D eigenvalue weighted by Gasteiger charge is -2.35. The number of likely N-dealkylation sites (N-methyl/N-ethyl adjacent to an activating group) is 1. The first-order valence-corrected chi connectivity index (χ1v) is 8.81. The number of hydroxylamine groups is 2. The van der Waals surface area contributed by atoms with Crippen molar-refractivity contribution in [1.82, 2.24) is 5.06 Å². The Morgan fingerprint density at radius 1 is 1.18 bits per heavy atom. The molecule has 0 spiro atoms. The summed E-state index contributed by atoms with van der Waals surface area (Å²) in [5.41, 5.74) is -0.470. The van der Waals surface area contributed by atoms with Crippen LogP contribution in [0.25, 0.3) is 0 Å². The minimum Gasteiger partial charge on any atom is -0.378 e. The van der Waals surface area contributed by atoms with Crippen molar-refractivity contribution in [2.45, 2.75) is 76.6 Å². The normalized spacial score (nSPS) is 32.0. The molecule has 0 aromatic carbocycles. The van der Waals surface area contributed by atoms with E-state index in [0.717, 1.165) is 38.7 Å². The van der Waals surface area contributed by atoms with E-state index >= 15 is 0 Å². The largest absolute Gasteiger partial charge is 0.378 e. The van der Waals surface area contributed by atoms with Gasteiger partial charge in [0, 0.05) is 26.3 Å². The molecule has 1 N–H and O–H groups in total. The van der Waals surface area contributed by atoms with Gasteiger partial charge in [0.25, 0.3) is 0 Å². The summed E-state index contributed by atoms with van der Waals surface area (Å²) in [5, 5.41) is 11.3. The van der Waals surface area contributed by atoms with E-state index < -0.39 is 5.60 Å². The SMILES string of the molecule is B[C@@H]1O[C@](CC)(COCCCC)[C@@H](OCCCC)[C@H]1N(C)O. The van der Waals surface area contributed by atoms with Crippen molar-refractivity contribution in [3.63, 3.8) is 0 Å². The topological polar surface area (TPSA) is 51.2 Å². The van der Waals surface area contributed by atoms with Crippen LogP contribution in [0.3, 0.4) is 0 Å². The van der Waals surface area contributed by atoms with Crippen LogP contribution < -0.4 is 0 Å². The molecule has 0 unspecified atom stereocenters. The van der Waals surface area contributed by atoms with Crippen LogP contribution in [0.2, 0.25) is 0 Å². The zero-order valence-electron chi connectivity index (χ0n) is 15.0. The van der Waals surface area contributed by atoms with Crippen LogP contribution in [0.4, 0.5) is 0 Å². The number of hydrogen-bond donors (Lipinski definition) is 1. The number of hydrogen-bond acceptors (Lipinski definition) is 5. The summed E-state index contributed by atoms with van der Waals surface area (Å²) >= 11 is 0. The van der Waals surface area contributed by atoms with Gasteiger partial charge in [-0.05, 0) is 19.3 Å². The molecule has 0 amide bonds. The highest BCUT2D eigenvalue weighted by molar-refractivity contribution is 6.11. The maximum atomic E-state index is 10.0. The van der Waals surface area contributed by atoms with Gasteiger partial charge < -0.3 is 19.4 Å². The van der Waals surface area contributed by atoms with E-state index in [1.165, 1.54) is 5.06 Å². The molecular weight excluding hydrogens is 281 g/mol. The monoisotopic (exact) mass is 315 g/mol. The fourth-order valence-corrected chi connectivity index (χ4v) is 3.16. The van der Waals surface area contributed by atoms with Crippen LogP contribution in [-0.4, -0.2) is 68.7 Å². The lowest BCUT2D eigenvalue weighted by atomic mass is 9.86. The van der Waals surface area contributed by atoms with Crippen LogP contribution in [0.15, 0.2) is 0 Å². The zero-order chi connectivity index (χ0) is 16.6. The number of rotatable bonds is 11. The predicted octanol–water partition coefficient (Wildman–Crippen LogP) is 1.82. The van der Waals surface area contributed by atoms with Crippen molar-refractivity contribution >= 4 is 7.85 Å². The van der Waals surface area contributed by atoms with E-state index in [-0.39, 0.29) is 18.1 Å². The Hall–Kier alpha value is -0.135. The molecule has 1 fully saturated rings. The molecule has 0 bridgehead atoms. The second-order valence-corrected chi connectivity index (χ2v) is 6.36. The predicted molar refractivity (Wildman–Crippen MR) is 90.2 cm³/mol. The van der Waals surface area contributed by atoms with Gasteiger partial charge in [-0.15, -0.1) is 0 Å². The molecule has 6 heteroatoms. The molecule has 1 aliphatic heterocycles. The maximum Gasteiger partial charge on any atom is 0.141 e. The second-order valence-electron chi connectivity index (χ2n) is 6.36. The molecule has 1 rings (SSSR count). The highest BCUT2D eigenvalue weighted by Crippen LogP contribution is 2.37. The summed E-state index contributed by atoms with van der Waals surface area (Å²) < 4.78 is 18.2. The zero-order valence-corrected chi connectivity index (χ0v) is 15.0. The molecule has 0 aliphatic carbocycles. The van der Waals surface area contributed by atoms with Crippen LogP contribution in [0.5, 0.6) is 0 Å². The first-order chi connectivity index (χ1) is 10.5. The van der Waals surface area contributed by atoms with Gasteiger partial charge >= 0.3 is 0 Å². The molecule has 0 radical (unpaired) electrons. The van der Waals surface area contributed by atoms with E-state index in [0.29, 0.717) is 13.2 Å². The Labute approximate surface area is 136 Å². The summed E-state index contributed by atoms with van der Waals surface area (Å²) in [6, 6.07) is -0.247. The molecule has 130 valence electrons. The fourth-order valence-electron chi connectivity index (χ4n) is 3.16. The molecule has 0 aromatic heterocycles. The highest BCUT2D eigenvalue weighted by atomic mass is 16.6. The average molecular weight is 315 g/mol. The van der Waals surface area contributed by atoms with Crippen LogP contribution >= 0.6 is 0 Å². The number of nitrogens with zero attached hydrogens (tertiary/aromatic N) is 1. The third-order valence-corrected chi connectivity index (χ3v) is 4.54. The van der Waals surface area contributed by atoms with Crippen molar-refractivity contribution in [1.29, 1.82) is 0 Å². The summed E-state index contributed by atoms with van der Waals surface area (Å²) in [6.45, 7) is 8.37. The smallest absolute Gasteiger partial charge is 0.141 e. The Morgan fingerprint density at radius 3 is 2.36 bits per heavy atom. The molecule has 1 saturated heterocycles. The molecule has 4 atom stereocenters. The minimum absolute atomic E-state index is 0.0867. The van der Waals surface area contributed by atoms with Gasteiger partial charge in [-0.25, -0.2) is 0 Å². The van der Waals surface area contributed by atoms with Crippen molar-refractivity contribution in [3.05, 3.63) is 0 Å². The Morgan fingerprint density at radius 2 is 1.82 bits per heavy atom. The second kappa shape index (κ2) is 9.88. The first kappa shape index (κ1) is 19.9. The summed E-state index contributed by atoms with van der Waals surface area (Å²) in [6.07, 6.45) is 4.92. The summed E-state index contributed by atoms with van der Waals surface area (Å²) in [7, 11) is 3.67. The third kappa shape index (κ3) is 4.93. The standard InChI is InChI=1S/C16H34BNO4/c1-5-8-10-20-12-16(7-3)14(21-11-9-6-2)13(18(4)19)15(17)22-16/h13-15,19H,5-12,17H2,1-4H3/t13-,14+,15-,16-/m1/s1. The lowest BCUT2D eigenvalue weighted by molar-refractivity contribution is -0.158. The first-order valence-electron chi connectivity index (χ1n) is 8.81. The van der Waals surface area contributed by atoms with Gasteiger partial charge in [0.2, 0.25) is 0 Å². The van der Waals surface area contributed by atoms with Crippen LogP contribution in [-0.2, 0) is 14.2 Å². The molecule has 1 heterocycles. The highest BCUT2D eigenvalue weighted by Gasteiger charge is 2.54. The summed E-state index contributed by atoms with van der Waals surface area (Å²) in [4.78, 5) is 0. The number of ether oxygens (including phenoxy) is 3.